The number of aromatic nitrogens is 3. The molecule has 0 fully saturated rings. The highest BCUT2D eigenvalue weighted by Gasteiger charge is 2.03. The van der Waals surface area contributed by atoms with Gasteiger partial charge in [-0.3, -0.25) is 9.67 Å². The van der Waals surface area contributed by atoms with Crippen LogP contribution in [-0.4, -0.2) is 21.3 Å². The molecule has 0 aliphatic heterocycles. The highest BCUT2D eigenvalue weighted by atomic mass is 16.5. The van der Waals surface area contributed by atoms with E-state index in [1.54, 1.807) is 12.4 Å². The second-order valence-corrected chi connectivity index (χ2v) is 5.20. The number of pyridine rings is 1. The van der Waals surface area contributed by atoms with Gasteiger partial charge in [0.05, 0.1) is 6.54 Å². The van der Waals surface area contributed by atoms with Gasteiger partial charge in [-0.25, -0.2) is 0 Å². The Morgan fingerprint density at radius 3 is 2.83 bits per heavy atom. The van der Waals surface area contributed by atoms with Crippen LogP contribution in [0.15, 0.2) is 67.3 Å². The van der Waals surface area contributed by atoms with Crippen LogP contribution in [0.5, 0.6) is 5.75 Å². The maximum absolute atomic E-state index is 5.93. The second kappa shape index (κ2) is 8.10. The first-order valence-corrected chi connectivity index (χ1v) is 7.69. The fourth-order valence-corrected chi connectivity index (χ4v) is 2.28. The standard InChI is InChI=1S/C18H20N4O/c1-2-7-18(23-15-16-5-3-8-19-13-16)17(6-1)14-20-10-12-22-11-4-9-21-22/h1-9,11,13,20H,10,12,14-15H2. The third-order valence-electron chi connectivity index (χ3n) is 3.48. The molecule has 0 spiro atoms. The molecule has 3 aromatic rings. The van der Waals surface area contributed by atoms with E-state index in [1.165, 1.54) is 0 Å². The zero-order valence-electron chi connectivity index (χ0n) is 12.9. The fourth-order valence-electron chi connectivity index (χ4n) is 2.28. The zero-order chi connectivity index (χ0) is 15.7. The van der Waals surface area contributed by atoms with Gasteiger partial charge >= 0.3 is 0 Å². The average molecular weight is 308 g/mol. The van der Waals surface area contributed by atoms with E-state index in [2.05, 4.69) is 21.5 Å². The number of para-hydroxylation sites is 1. The van der Waals surface area contributed by atoms with Gasteiger partial charge in [-0.1, -0.05) is 24.3 Å². The molecule has 0 unspecified atom stereocenters. The first-order valence-electron chi connectivity index (χ1n) is 7.69. The minimum Gasteiger partial charge on any atom is -0.489 e. The van der Waals surface area contributed by atoms with E-state index in [1.807, 2.05) is 53.5 Å². The molecule has 0 aliphatic carbocycles. The molecule has 2 heterocycles. The van der Waals surface area contributed by atoms with E-state index in [0.717, 1.165) is 36.5 Å². The monoisotopic (exact) mass is 308 g/mol. The Labute approximate surface area is 135 Å². The third-order valence-corrected chi connectivity index (χ3v) is 3.48. The first kappa shape index (κ1) is 15.2. The van der Waals surface area contributed by atoms with Crippen LogP contribution < -0.4 is 10.1 Å². The van der Waals surface area contributed by atoms with Crippen molar-refractivity contribution >= 4 is 0 Å². The molecule has 0 saturated carbocycles. The van der Waals surface area contributed by atoms with E-state index in [-0.39, 0.29) is 0 Å². The van der Waals surface area contributed by atoms with Crippen molar-refractivity contribution in [1.29, 1.82) is 0 Å². The number of ether oxygens (including phenoxy) is 1. The van der Waals surface area contributed by atoms with E-state index in [9.17, 15) is 0 Å². The SMILES string of the molecule is c1cncc(COc2ccccc2CNCCn2cccn2)c1. The van der Waals surface area contributed by atoms with E-state index in [4.69, 9.17) is 4.74 Å². The van der Waals surface area contributed by atoms with Crippen molar-refractivity contribution < 1.29 is 4.74 Å². The van der Waals surface area contributed by atoms with Crippen molar-refractivity contribution in [1.82, 2.24) is 20.1 Å². The molecule has 5 heteroatoms. The van der Waals surface area contributed by atoms with Crippen LogP contribution in [0.2, 0.25) is 0 Å². The summed E-state index contributed by atoms with van der Waals surface area (Å²) in [6.45, 7) is 3.01. The van der Waals surface area contributed by atoms with Crippen LogP contribution in [0.25, 0.3) is 0 Å². The van der Waals surface area contributed by atoms with Gasteiger partial charge in [0.15, 0.2) is 0 Å². The molecule has 1 aromatic carbocycles. The Morgan fingerprint density at radius 2 is 2.00 bits per heavy atom. The van der Waals surface area contributed by atoms with Gasteiger partial charge < -0.3 is 10.1 Å². The molecule has 2 aromatic heterocycles. The molecular formula is C18H20N4O. The summed E-state index contributed by atoms with van der Waals surface area (Å²) >= 11 is 0. The highest BCUT2D eigenvalue weighted by Crippen LogP contribution is 2.19. The normalized spacial score (nSPS) is 10.6. The topological polar surface area (TPSA) is 52.0 Å². The molecule has 0 aliphatic rings. The zero-order valence-corrected chi connectivity index (χ0v) is 12.9. The Morgan fingerprint density at radius 1 is 1.04 bits per heavy atom. The summed E-state index contributed by atoms with van der Waals surface area (Å²) in [7, 11) is 0. The van der Waals surface area contributed by atoms with E-state index >= 15 is 0 Å². The number of hydrogen-bond donors (Lipinski definition) is 1. The van der Waals surface area contributed by atoms with Crippen LogP contribution in [0.1, 0.15) is 11.1 Å². The van der Waals surface area contributed by atoms with Gasteiger partial charge in [0.2, 0.25) is 0 Å². The van der Waals surface area contributed by atoms with Gasteiger partial charge in [0, 0.05) is 49.0 Å². The minimum absolute atomic E-state index is 0.526. The van der Waals surface area contributed by atoms with Crippen molar-refractivity contribution in [3.05, 3.63) is 78.4 Å². The van der Waals surface area contributed by atoms with E-state index in [0.29, 0.717) is 6.61 Å². The molecule has 0 saturated heterocycles. The summed E-state index contributed by atoms with van der Waals surface area (Å²) in [5.74, 6) is 0.906. The molecule has 0 bridgehead atoms. The van der Waals surface area contributed by atoms with Crippen LogP contribution in [0, 0.1) is 0 Å². The summed E-state index contributed by atoms with van der Waals surface area (Å²) in [5, 5.41) is 7.61. The van der Waals surface area contributed by atoms with Gasteiger partial charge in [-0.15, -0.1) is 0 Å². The number of rotatable bonds is 8. The molecular weight excluding hydrogens is 288 g/mol. The third kappa shape index (κ3) is 4.66. The van der Waals surface area contributed by atoms with Gasteiger partial charge in [-0.2, -0.15) is 5.10 Å². The van der Waals surface area contributed by atoms with Crippen LogP contribution >= 0.6 is 0 Å². The molecule has 23 heavy (non-hydrogen) atoms. The largest absolute Gasteiger partial charge is 0.489 e. The highest BCUT2D eigenvalue weighted by molar-refractivity contribution is 5.33. The predicted octanol–water partition coefficient (Wildman–Crippen LogP) is 2.65. The smallest absolute Gasteiger partial charge is 0.124 e. The molecule has 0 amide bonds. The van der Waals surface area contributed by atoms with Crippen molar-refractivity contribution in [2.75, 3.05) is 6.54 Å². The minimum atomic E-state index is 0.526. The molecule has 0 atom stereocenters. The Bertz CT molecular complexity index is 698. The average Bonchev–Trinajstić information content (AvgIpc) is 3.12. The summed E-state index contributed by atoms with van der Waals surface area (Å²) in [6.07, 6.45) is 7.35. The van der Waals surface area contributed by atoms with Crippen molar-refractivity contribution in [2.24, 2.45) is 0 Å². The Hall–Kier alpha value is -2.66. The van der Waals surface area contributed by atoms with Crippen LogP contribution in [-0.2, 0) is 19.7 Å². The summed E-state index contributed by atoms with van der Waals surface area (Å²) in [5.41, 5.74) is 2.21. The van der Waals surface area contributed by atoms with Gasteiger partial charge in [-0.05, 0) is 18.2 Å². The lowest BCUT2D eigenvalue weighted by atomic mass is 10.2. The summed E-state index contributed by atoms with van der Waals surface area (Å²) < 4.78 is 7.84. The number of nitrogens with one attached hydrogen (secondary N) is 1. The predicted molar refractivity (Wildman–Crippen MR) is 88.9 cm³/mol. The van der Waals surface area contributed by atoms with Crippen LogP contribution in [0.4, 0.5) is 0 Å². The van der Waals surface area contributed by atoms with Crippen molar-refractivity contribution in [3.63, 3.8) is 0 Å². The molecule has 3 rings (SSSR count). The summed E-state index contributed by atoms with van der Waals surface area (Å²) in [6, 6.07) is 14.0. The Balaban J connectivity index is 1.51. The lowest BCUT2D eigenvalue weighted by molar-refractivity contribution is 0.301. The second-order valence-electron chi connectivity index (χ2n) is 5.20. The van der Waals surface area contributed by atoms with Gasteiger partial charge in [0.25, 0.3) is 0 Å². The van der Waals surface area contributed by atoms with Gasteiger partial charge in [0.1, 0.15) is 12.4 Å². The first-order chi connectivity index (χ1) is 11.4. The number of hydrogen-bond acceptors (Lipinski definition) is 4. The van der Waals surface area contributed by atoms with Crippen LogP contribution in [0.3, 0.4) is 0 Å². The number of nitrogens with zero attached hydrogens (tertiary/aromatic N) is 3. The lowest BCUT2D eigenvalue weighted by Crippen LogP contribution is -2.20. The molecule has 5 nitrogen and oxygen atoms in total. The van der Waals surface area contributed by atoms with Crippen molar-refractivity contribution in [2.45, 2.75) is 19.7 Å². The summed E-state index contributed by atoms with van der Waals surface area (Å²) in [4.78, 5) is 4.10. The maximum Gasteiger partial charge on any atom is 0.124 e. The maximum atomic E-state index is 5.93. The fraction of sp³-hybridized carbons (Fsp3) is 0.222. The molecule has 118 valence electrons. The Kier molecular flexibility index (Phi) is 5.37. The lowest BCUT2D eigenvalue weighted by Gasteiger charge is -2.12. The molecule has 0 radical (unpaired) electrons. The van der Waals surface area contributed by atoms with Crippen molar-refractivity contribution in [3.8, 4) is 5.75 Å². The number of benzene rings is 1. The molecule has 1 N–H and O–H groups in total. The van der Waals surface area contributed by atoms with E-state index < -0.39 is 0 Å². The quantitative estimate of drug-likeness (QED) is 0.650.